The van der Waals surface area contributed by atoms with Crippen LogP contribution in [0.5, 0.6) is 0 Å². The fraction of sp³-hybridized carbons (Fsp3) is 1.00. The van der Waals surface area contributed by atoms with Crippen molar-refractivity contribution >= 4 is 0 Å². The van der Waals surface area contributed by atoms with Crippen LogP contribution in [0.15, 0.2) is 0 Å². The molecule has 2 heteroatoms. The monoisotopic (exact) mass is 127 g/mol. The minimum Gasteiger partial charge on any atom is -0.393 e. The van der Waals surface area contributed by atoms with Crippen LogP contribution in [-0.2, 0) is 0 Å². The van der Waals surface area contributed by atoms with Crippen molar-refractivity contribution in [2.24, 2.45) is 5.41 Å². The Morgan fingerprint density at radius 1 is 1.33 bits per heavy atom. The van der Waals surface area contributed by atoms with Gasteiger partial charge in [-0.3, -0.25) is 0 Å². The summed E-state index contributed by atoms with van der Waals surface area (Å²) in [6.07, 6.45) is 3.48. The Hall–Kier alpha value is -0.0800. The molecule has 0 aromatic heterocycles. The maximum absolute atomic E-state index is 9.21. The number of piperidine rings is 1. The summed E-state index contributed by atoms with van der Waals surface area (Å²) in [7, 11) is 0. The average molecular weight is 127 g/mol. The molecule has 0 radical (unpaired) electrons. The predicted octanol–water partition coefficient (Wildman–Crippen LogP) is 0.121. The highest BCUT2D eigenvalue weighted by Crippen LogP contribution is 2.52. The molecule has 2 fully saturated rings. The summed E-state index contributed by atoms with van der Waals surface area (Å²) in [5.41, 5.74) is 0.380. The quantitative estimate of drug-likeness (QED) is 0.484. The van der Waals surface area contributed by atoms with E-state index >= 15 is 0 Å². The fourth-order valence-electron chi connectivity index (χ4n) is 1.79. The first-order valence-corrected chi connectivity index (χ1v) is 3.72. The van der Waals surface area contributed by atoms with Crippen molar-refractivity contribution in [3.8, 4) is 0 Å². The van der Waals surface area contributed by atoms with Gasteiger partial charge in [-0.05, 0) is 32.4 Å². The van der Waals surface area contributed by atoms with Gasteiger partial charge in [0.1, 0.15) is 0 Å². The summed E-state index contributed by atoms with van der Waals surface area (Å²) in [4.78, 5) is 0. The first-order valence-electron chi connectivity index (χ1n) is 3.72. The van der Waals surface area contributed by atoms with Crippen molar-refractivity contribution in [1.29, 1.82) is 0 Å². The van der Waals surface area contributed by atoms with E-state index in [1.165, 1.54) is 12.8 Å². The second-order valence-corrected chi connectivity index (χ2v) is 3.33. The Labute approximate surface area is 55.3 Å². The minimum absolute atomic E-state index is 0.0413. The number of nitrogens with one attached hydrogen (secondary N) is 1. The predicted molar refractivity (Wildman–Crippen MR) is 35.2 cm³/mol. The van der Waals surface area contributed by atoms with Crippen molar-refractivity contribution in [2.45, 2.75) is 25.4 Å². The van der Waals surface area contributed by atoms with Gasteiger partial charge in [-0.2, -0.15) is 0 Å². The topological polar surface area (TPSA) is 32.3 Å². The minimum atomic E-state index is 0.0413. The summed E-state index contributed by atoms with van der Waals surface area (Å²) in [6.45, 7) is 2.22. The molecular formula is C7H13NO. The largest absolute Gasteiger partial charge is 0.393 e. The van der Waals surface area contributed by atoms with Crippen molar-refractivity contribution in [3.63, 3.8) is 0 Å². The molecule has 0 aromatic rings. The molecule has 0 amide bonds. The highest BCUT2D eigenvalue weighted by atomic mass is 16.3. The molecule has 2 nitrogen and oxygen atoms in total. The van der Waals surface area contributed by atoms with E-state index in [0.29, 0.717) is 5.41 Å². The molecule has 52 valence electrons. The van der Waals surface area contributed by atoms with Crippen molar-refractivity contribution < 1.29 is 5.11 Å². The van der Waals surface area contributed by atoms with Gasteiger partial charge in [0, 0.05) is 5.41 Å². The molecule has 1 spiro atoms. The molecule has 2 N–H and O–H groups in total. The third-order valence-electron chi connectivity index (χ3n) is 2.75. The van der Waals surface area contributed by atoms with Crippen LogP contribution in [-0.4, -0.2) is 24.3 Å². The zero-order chi connectivity index (χ0) is 6.32. The van der Waals surface area contributed by atoms with Crippen LogP contribution in [0.2, 0.25) is 0 Å². The Bertz CT molecular complexity index is 118. The van der Waals surface area contributed by atoms with E-state index in [9.17, 15) is 5.11 Å². The van der Waals surface area contributed by atoms with Gasteiger partial charge in [-0.25, -0.2) is 0 Å². The van der Waals surface area contributed by atoms with Crippen molar-refractivity contribution in [3.05, 3.63) is 0 Å². The first kappa shape index (κ1) is 5.69. The van der Waals surface area contributed by atoms with E-state index < -0.39 is 0 Å². The van der Waals surface area contributed by atoms with Gasteiger partial charge in [0.15, 0.2) is 0 Å². The number of aliphatic hydroxyl groups is 1. The molecule has 0 aromatic carbocycles. The molecule has 1 aliphatic heterocycles. The van der Waals surface area contributed by atoms with E-state index in [1.54, 1.807) is 0 Å². The Morgan fingerprint density at radius 3 is 2.22 bits per heavy atom. The summed E-state index contributed by atoms with van der Waals surface area (Å²) in [6, 6.07) is 0. The lowest BCUT2D eigenvalue weighted by molar-refractivity contribution is 0.192. The fourth-order valence-corrected chi connectivity index (χ4v) is 1.79. The van der Waals surface area contributed by atoms with Gasteiger partial charge < -0.3 is 10.4 Å². The second-order valence-electron chi connectivity index (χ2n) is 3.33. The number of hydrogen-bond acceptors (Lipinski definition) is 2. The van der Waals surface area contributed by atoms with E-state index in [4.69, 9.17) is 0 Å². The SMILES string of the molecule is OC1CC12CCNCC2. The van der Waals surface area contributed by atoms with Crippen LogP contribution < -0.4 is 5.32 Å². The third-order valence-corrected chi connectivity index (χ3v) is 2.75. The maximum atomic E-state index is 9.21. The zero-order valence-electron chi connectivity index (χ0n) is 5.56. The number of aliphatic hydroxyl groups excluding tert-OH is 1. The lowest BCUT2D eigenvalue weighted by atomic mass is 9.94. The van der Waals surface area contributed by atoms with Crippen molar-refractivity contribution in [2.75, 3.05) is 13.1 Å². The average Bonchev–Trinajstić information content (AvgIpc) is 2.44. The summed E-state index contributed by atoms with van der Waals surface area (Å²) in [5, 5.41) is 12.5. The third kappa shape index (κ3) is 0.775. The number of rotatable bonds is 0. The Morgan fingerprint density at radius 2 is 1.89 bits per heavy atom. The van der Waals surface area contributed by atoms with Crippen LogP contribution in [0.4, 0.5) is 0 Å². The molecule has 1 aliphatic carbocycles. The Kier molecular flexibility index (Phi) is 1.08. The van der Waals surface area contributed by atoms with Crippen LogP contribution in [0.25, 0.3) is 0 Å². The lowest BCUT2D eigenvalue weighted by Gasteiger charge is -2.21. The zero-order valence-corrected chi connectivity index (χ0v) is 5.56. The van der Waals surface area contributed by atoms with Gasteiger partial charge in [-0.15, -0.1) is 0 Å². The normalized spacial score (nSPS) is 39.0. The van der Waals surface area contributed by atoms with Gasteiger partial charge in [0.05, 0.1) is 6.10 Å². The highest BCUT2D eigenvalue weighted by Gasteiger charge is 2.52. The second kappa shape index (κ2) is 1.70. The summed E-state index contributed by atoms with van der Waals surface area (Å²) in [5.74, 6) is 0. The lowest BCUT2D eigenvalue weighted by Crippen LogP contribution is -2.30. The van der Waals surface area contributed by atoms with Gasteiger partial charge in [0.25, 0.3) is 0 Å². The van der Waals surface area contributed by atoms with E-state index in [0.717, 1.165) is 19.5 Å². The summed E-state index contributed by atoms with van der Waals surface area (Å²) >= 11 is 0. The van der Waals surface area contributed by atoms with Gasteiger partial charge in [-0.1, -0.05) is 0 Å². The molecular weight excluding hydrogens is 114 g/mol. The van der Waals surface area contributed by atoms with Gasteiger partial charge >= 0.3 is 0 Å². The molecule has 1 saturated carbocycles. The summed E-state index contributed by atoms with van der Waals surface area (Å²) < 4.78 is 0. The van der Waals surface area contributed by atoms with Crippen LogP contribution >= 0.6 is 0 Å². The van der Waals surface area contributed by atoms with Crippen LogP contribution in [0, 0.1) is 5.41 Å². The molecule has 1 unspecified atom stereocenters. The van der Waals surface area contributed by atoms with Crippen LogP contribution in [0.3, 0.4) is 0 Å². The van der Waals surface area contributed by atoms with Crippen molar-refractivity contribution in [1.82, 2.24) is 5.32 Å². The highest BCUT2D eigenvalue weighted by molar-refractivity contribution is 5.04. The standard InChI is InChI=1S/C7H13NO/c9-6-5-7(6)1-3-8-4-2-7/h6,8-9H,1-5H2. The number of hydrogen-bond donors (Lipinski definition) is 2. The van der Waals surface area contributed by atoms with Crippen LogP contribution in [0.1, 0.15) is 19.3 Å². The molecule has 1 atom stereocenters. The molecule has 9 heavy (non-hydrogen) atoms. The molecule has 0 bridgehead atoms. The molecule has 1 heterocycles. The first-order chi connectivity index (χ1) is 4.33. The maximum Gasteiger partial charge on any atom is 0.0604 e. The van der Waals surface area contributed by atoms with E-state index in [1.807, 2.05) is 0 Å². The Balaban J connectivity index is 1.97. The molecule has 2 rings (SSSR count). The smallest absolute Gasteiger partial charge is 0.0604 e. The molecule has 1 saturated heterocycles. The van der Waals surface area contributed by atoms with E-state index in [-0.39, 0.29) is 6.10 Å². The van der Waals surface area contributed by atoms with E-state index in [2.05, 4.69) is 5.32 Å². The van der Waals surface area contributed by atoms with Gasteiger partial charge in [0.2, 0.25) is 0 Å². The molecule has 2 aliphatic rings.